The normalized spacial score (nSPS) is 12.9. The molecule has 0 spiro atoms. The molecule has 2 aromatic rings. The molecule has 90 valence electrons. The first-order valence-electron chi connectivity index (χ1n) is 5.07. The Labute approximate surface area is 96.7 Å². The van der Waals surface area contributed by atoms with E-state index >= 15 is 0 Å². The summed E-state index contributed by atoms with van der Waals surface area (Å²) in [4.78, 5) is 14.5. The van der Waals surface area contributed by atoms with E-state index in [1.54, 1.807) is 17.7 Å². The molecule has 2 aromatic heterocycles. The first-order valence-corrected chi connectivity index (χ1v) is 5.07. The van der Waals surface area contributed by atoms with Crippen molar-refractivity contribution in [1.82, 2.24) is 9.55 Å². The van der Waals surface area contributed by atoms with E-state index in [1.807, 2.05) is 0 Å². The lowest BCUT2D eigenvalue weighted by Gasteiger charge is -2.10. The number of rotatable bonds is 3. The molecule has 2 heterocycles. The van der Waals surface area contributed by atoms with Gasteiger partial charge in [-0.05, 0) is 12.1 Å². The van der Waals surface area contributed by atoms with Gasteiger partial charge in [0.15, 0.2) is 0 Å². The summed E-state index contributed by atoms with van der Waals surface area (Å²) in [5.41, 5.74) is 6.99. The maximum absolute atomic E-state index is 13.0. The Hall–Kier alpha value is -1.95. The lowest BCUT2D eigenvalue weighted by atomic mass is 10.1. The SMILES string of the molecule is Cn1c(C(N)CC(=O)O)cc2cc(F)cnc21. The van der Waals surface area contributed by atoms with Gasteiger partial charge in [0.2, 0.25) is 0 Å². The molecule has 6 heteroatoms. The number of hydrogen-bond donors (Lipinski definition) is 2. The molecule has 5 nitrogen and oxygen atoms in total. The maximum Gasteiger partial charge on any atom is 0.305 e. The van der Waals surface area contributed by atoms with Crippen LogP contribution >= 0.6 is 0 Å². The largest absolute Gasteiger partial charge is 0.481 e. The molecular formula is C11H12FN3O2. The first kappa shape index (κ1) is 11.5. The summed E-state index contributed by atoms with van der Waals surface area (Å²) in [6.07, 6.45) is 0.946. The third kappa shape index (κ3) is 2.12. The van der Waals surface area contributed by atoms with Crippen LogP contribution in [0, 0.1) is 5.82 Å². The van der Waals surface area contributed by atoms with Crippen molar-refractivity contribution < 1.29 is 14.3 Å². The lowest BCUT2D eigenvalue weighted by molar-refractivity contribution is -0.137. The second-order valence-electron chi connectivity index (χ2n) is 3.90. The molecule has 0 aliphatic rings. The van der Waals surface area contributed by atoms with Gasteiger partial charge in [0.1, 0.15) is 11.5 Å². The zero-order chi connectivity index (χ0) is 12.6. The molecule has 0 amide bonds. The highest BCUT2D eigenvalue weighted by Crippen LogP contribution is 2.22. The predicted molar refractivity (Wildman–Crippen MR) is 59.9 cm³/mol. The number of aliphatic carboxylic acids is 1. The molecule has 0 aliphatic heterocycles. The van der Waals surface area contributed by atoms with Gasteiger partial charge in [-0.2, -0.15) is 0 Å². The lowest BCUT2D eigenvalue weighted by Crippen LogP contribution is -2.17. The van der Waals surface area contributed by atoms with Crippen molar-refractivity contribution in [3.05, 3.63) is 29.8 Å². The Morgan fingerprint density at radius 1 is 1.65 bits per heavy atom. The number of carboxylic acids is 1. The maximum atomic E-state index is 13.0. The molecule has 0 bridgehead atoms. The summed E-state index contributed by atoms with van der Waals surface area (Å²) < 4.78 is 14.7. The molecule has 0 saturated carbocycles. The Kier molecular flexibility index (Phi) is 2.81. The van der Waals surface area contributed by atoms with Crippen molar-refractivity contribution in [2.75, 3.05) is 0 Å². The fourth-order valence-corrected chi connectivity index (χ4v) is 1.86. The summed E-state index contributed by atoms with van der Waals surface area (Å²) in [7, 11) is 1.73. The van der Waals surface area contributed by atoms with E-state index in [4.69, 9.17) is 10.8 Å². The number of nitrogens with two attached hydrogens (primary N) is 1. The third-order valence-corrected chi connectivity index (χ3v) is 2.64. The predicted octanol–water partition coefficient (Wildman–Crippen LogP) is 1.19. The number of nitrogens with zero attached hydrogens (tertiary/aromatic N) is 2. The van der Waals surface area contributed by atoms with Gasteiger partial charge in [0.25, 0.3) is 0 Å². The highest BCUT2D eigenvalue weighted by atomic mass is 19.1. The van der Waals surface area contributed by atoms with Crippen LogP contribution in [0.5, 0.6) is 0 Å². The number of aromatic nitrogens is 2. The van der Waals surface area contributed by atoms with Crippen molar-refractivity contribution in [2.24, 2.45) is 12.8 Å². The first-order chi connectivity index (χ1) is 7.99. The van der Waals surface area contributed by atoms with Crippen molar-refractivity contribution in [3.8, 4) is 0 Å². The molecule has 17 heavy (non-hydrogen) atoms. The minimum Gasteiger partial charge on any atom is -0.481 e. The molecule has 1 unspecified atom stereocenters. The van der Waals surface area contributed by atoms with E-state index in [-0.39, 0.29) is 6.42 Å². The zero-order valence-electron chi connectivity index (χ0n) is 9.22. The molecule has 1 atom stereocenters. The van der Waals surface area contributed by atoms with E-state index in [2.05, 4.69) is 4.98 Å². The monoisotopic (exact) mass is 237 g/mol. The number of carboxylic acid groups (broad SMARTS) is 1. The quantitative estimate of drug-likeness (QED) is 0.840. The van der Waals surface area contributed by atoms with Gasteiger partial charge in [0, 0.05) is 18.1 Å². The van der Waals surface area contributed by atoms with E-state index in [9.17, 15) is 9.18 Å². The Morgan fingerprint density at radius 3 is 3.00 bits per heavy atom. The highest BCUT2D eigenvalue weighted by Gasteiger charge is 2.16. The fraction of sp³-hybridized carbons (Fsp3) is 0.273. The molecule has 0 aliphatic carbocycles. The van der Waals surface area contributed by atoms with Gasteiger partial charge in [0.05, 0.1) is 18.7 Å². The molecule has 2 rings (SSSR count). The molecular weight excluding hydrogens is 225 g/mol. The summed E-state index contributed by atoms with van der Waals surface area (Å²) in [5, 5.41) is 9.30. The average Bonchev–Trinajstić information content (AvgIpc) is 2.54. The Balaban J connectivity index is 2.48. The number of aryl methyl sites for hydroxylation is 1. The summed E-state index contributed by atoms with van der Waals surface area (Å²) in [6.45, 7) is 0. The van der Waals surface area contributed by atoms with Crippen molar-refractivity contribution in [2.45, 2.75) is 12.5 Å². The average molecular weight is 237 g/mol. The Bertz CT molecular complexity index is 579. The van der Waals surface area contributed by atoms with Crippen LogP contribution in [0.25, 0.3) is 11.0 Å². The number of hydrogen-bond acceptors (Lipinski definition) is 3. The summed E-state index contributed by atoms with van der Waals surface area (Å²) in [6, 6.07) is 2.38. The van der Waals surface area contributed by atoms with Gasteiger partial charge in [-0.1, -0.05) is 0 Å². The smallest absolute Gasteiger partial charge is 0.305 e. The van der Waals surface area contributed by atoms with Gasteiger partial charge < -0.3 is 15.4 Å². The second-order valence-corrected chi connectivity index (χ2v) is 3.90. The zero-order valence-corrected chi connectivity index (χ0v) is 9.22. The molecule has 0 aromatic carbocycles. The molecule has 0 radical (unpaired) electrons. The van der Waals surface area contributed by atoms with Crippen LogP contribution in [0.15, 0.2) is 18.3 Å². The van der Waals surface area contributed by atoms with Crippen molar-refractivity contribution >= 4 is 17.0 Å². The van der Waals surface area contributed by atoms with Crippen molar-refractivity contribution in [1.29, 1.82) is 0 Å². The minimum atomic E-state index is -0.970. The minimum absolute atomic E-state index is 0.174. The van der Waals surface area contributed by atoms with Crippen LogP contribution in [0.3, 0.4) is 0 Å². The summed E-state index contributed by atoms with van der Waals surface area (Å²) in [5.74, 6) is -1.40. The van der Waals surface area contributed by atoms with Crippen LogP contribution in [0.1, 0.15) is 18.2 Å². The van der Waals surface area contributed by atoms with Gasteiger partial charge in [-0.15, -0.1) is 0 Å². The van der Waals surface area contributed by atoms with Crippen LogP contribution in [-0.4, -0.2) is 20.6 Å². The number of halogens is 1. The number of carbonyl (C=O) groups is 1. The van der Waals surface area contributed by atoms with Gasteiger partial charge >= 0.3 is 5.97 Å². The molecule has 3 N–H and O–H groups in total. The topological polar surface area (TPSA) is 81.1 Å². The van der Waals surface area contributed by atoms with E-state index in [1.165, 1.54) is 6.07 Å². The number of fused-ring (bicyclic) bond motifs is 1. The van der Waals surface area contributed by atoms with E-state index in [0.29, 0.717) is 16.7 Å². The van der Waals surface area contributed by atoms with Crippen LogP contribution in [0.4, 0.5) is 4.39 Å². The molecule has 0 saturated heterocycles. The summed E-state index contributed by atoms with van der Waals surface area (Å²) >= 11 is 0. The van der Waals surface area contributed by atoms with Gasteiger partial charge in [-0.3, -0.25) is 4.79 Å². The van der Waals surface area contributed by atoms with Crippen LogP contribution in [-0.2, 0) is 11.8 Å². The Morgan fingerprint density at radius 2 is 2.35 bits per heavy atom. The van der Waals surface area contributed by atoms with Crippen LogP contribution in [0.2, 0.25) is 0 Å². The van der Waals surface area contributed by atoms with Crippen LogP contribution < -0.4 is 5.73 Å². The van der Waals surface area contributed by atoms with E-state index < -0.39 is 17.8 Å². The standard InChI is InChI=1S/C11H12FN3O2/c1-15-9(8(13)4-10(16)17)3-6-2-7(12)5-14-11(6)15/h2-3,5,8H,4,13H2,1H3,(H,16,17). The highest BCUT2D eigenvalue weighted by molar-refractivity contribution is 5.78. The van der Waals surface area contributed by atoms with E-state index in [0.717, 1.165) is 6.20 Å². The van der Waals surface area contributed by atoms with Gasteiger partial charge in [-0.25, -0.2) is 9.37 Å². The third-order valence-electron chi connectivity index (χ3n) is 2.64. The second kappa shape index (κ2) is 4.14. The fourth-order valence-electron chi connectivity index (χ4n) is 1.86. The number of pyridine rings is 1. The molecule has 0 fully saturated rings. The van der Waals surface area contributed by atoms with Crippen molar-refractivity contribution in [3.63, 3.8) is 0 Å².